The van der Waals surface area contributed by atoms with Crippen molar-refractivity contribution < 1.29 is 5.11 Å². The molecule has 128 valence electrons. The van der Waals surface area contributed by atoms with Crippen LogP contribution < -0.4 is 0 Å². The second-order valence-electron chi connectivity index (χ2n) is 7.13. The molecule has 0 bridgehead atoms. The van der Waals surface area contributed by atoms with E-state index in [0.717, 1.165) is 57.5 Å². The van der Waals surface area contributed by atoms with Crippen LogP contribution in [0.1, 0.15) is 31.2 Å². The zero-order valence-electron chi connectivity index (χ0n) is 13.8. The second kappa shape index (κ2) is 7.28. The number of hydrogen-bond donors (Lipinski definition) is 1. The van der Waals surface area contributed by atoms with Gasteiger partial charge in [0.05, 0.1) is 5.60 Å². The fraction of sp³-hybridized carbons (Fsp3) is 0.667. The molecule has 1 aliphatic carbocycles. The van der Waals surface area contributed by atoms with E-state index in [-0.39, 0.29) is 5.92 Å². The molecule has 2 aliphatic rings. The van der Waals surface area contributed by atoms with Gasteiger partial charge in [-0.3, -0.25) is 0 Å². The van der Waals surface area contributed by atoms with Crippen LogP contribution in [0.25, 0.3) is 0 Å². The molecule has 0 aromatic heterocycles. The number of nitrogens with zero attached hydrogens (tertiary/aromatic N) is 2. The van der Waals surface area contributed by atoms with E-state index in [9.17, 15) is 5.11 Å². The summed E-state index contributed by atoms with van der Waals surface area (Å²) in [6.45, 7) is 5.33. The first kappa shape index (κ1) is 17.5. The fourth-order valence-electron chi connectivity index (χ4n) is 4.00. The Morgan fingerprint density at radius 2 is 1.74 bits per heavy atom. The van der Waals surface area contributed by atoms with Gasteiger partial charge in [-0.1, -0.05) is 36.0 Å². The Kier molecular flexibility index (Phi) is 5.54. The number of aliphatic hydroxyl groups is 1. The largest absolute Gasteiger partial charge is 0.385 e. The van der Waals surface area contributed by atoms with E-state index in [1.165, 1.54) is 6.42 Å². The third-order valence-electron chi connectivity index (χ3n) is 5.47. The first-order valence-electron chi connectivity index (χ1n) is 8.57. The highest BCUT2D eigenvalue weighted by Gasteiger charge is 2.41. The number of halogens is 2. The van der Waals surface area contributed by atoms with Gasteiger partial charge in [0.15, 0.2) is 0 Å². The van der Waals surface area contributed by atoms with E-state index in [1.54, 1.807) is 6.07 Å². The Morgan fingerprint density at radius 3 is 2.39 bits per heavy atom. The lowest BCUT2D eigenvalue weighted by Gasteiger charge is -2.44. The molecule has 1 aliphatic heterocycles. The third-order valence-corrected chi connectivity index (χ3v) is 5.91. The Labute approximate surface area is 149 Å². The Bertz CT molecular complexity index is 526. The minimum Gasteiger partial charge on any atom is -0.385 e. The van der Waals surface area contributed by atoms with Gasteiger partial charge in [-0.25, -0.2) is 0 Å². The normalized spacial score (nSPS) is 30.5. The van der Waals surface area contributed by atoms with Gasteiger partial charge in [0, 0.05) is 48.7 Å². The van der Waals surface area contributed by atoms with Crippen molar-refractivity contribution in [3.05, 3.63) is 33.8 Å². The lowest BCUT2D eigenvalue weighted by Crippen LogP contribution is -2.50. The predicted octanol–water partition coefficient (Wildman–Crippen LogP) is 3.62. The number of likely N-dealkylation sites (N-methyl/N-ethyl adjacent to an activating group) is 1. The Balaban J connectivity index is 1.79. The fourth-order valence-corrected chi connectivity index (χ4v) is 4.52. The first-order valence-corrected chi connectivity index (χ1v) is 9.33. The molecule has 2 fully saturated rings. The number of rotatable bonds is 3. The van der Waals surface area contributed by atoms with Crippen LogP contribution in [0, 0.1) is 5.92 Å². The van der Waals surface area contributed by atoms with Crippen LogP contribution in [0.4, 0.5) is 0 Å². The summed E-state index contributed by atoms with van der Waals surface area (Å²) in [6, 6.07) is 5.50. The van der Waals surface area contributed by atoms with Crippen LogP contribution in [0.5, 0.6) is 0 Å². The van der Waals surface area contributed by atoms with Gasteiger partial charge >= 0.3 is 0 Å². The van der Waals surface area contributed by atoms with E-state index in [2.05, 4.69) is 16.8 Å². The lowest BCUT2D eigenvalue weighted by molar-refractivity contribution is -0.0684. The molecule has 3 nitrogen and oxygen atoms in total. The Morgan fingerprint density at radius 1 is 1.09 bits per heavy atom. The number of hydrogen-bond acceptors (Lipinski definition) is 3. The maximum absolute atomic E-state index is 11.5. The van der Waals surface area contributed by atoms with Crippen LogP contribution in [-0.2, 0) is 5.60 Å². The van der Waals surface area contributed by atoms with Gasteiger partial charge in [0.25, 0.3) is 0 Å². The zero-order chi connectivity index (χ0) is 16.4. The van der Waals surface area contributed by atoms with Crippen molar-refractivity contribution in [1.29, 1.82) is 0 Å². The molecule has 1 saturated carbocycles. The van der Waals surface area contributed by atoms with Gasteiger partial charge in [-0.15, -0.1) is 0 Å². The molecule has 3 rings (SSSR count). The molecule has 2 atom stereocenters. The quantitative estimate of drug-likeness (QED) is 0.895. The molecular formula is C18H26Cl2N2O. The van der Waals surface area contributed by atoms with Crippen molar-refractivity contribution in [1.82, 2.24) is 9.80 Å². The predicted molar refractivity (Wildman–Crippen MR) is 96.3 cm³/mol. The summed E-state index contributed by atoms with van der Waals surface area (Å²) >= 11 is 12.4. The summed E-state index contributed by atoms with van der Waals surface area (Å²) in [4.78, 5) is 4.85. The molecular weight excluding hydrogens is 331 g/mol. The van der Waals surface area contributed by atoms with Crippen LogP contribution in [0.15, 0.2) is 18.2 Å². The van der Waals surface area contributed by atoms with Gasteiger partial charge in [0.1, 0.15) is 0 Å². The highest BCUT2D eigenvalue weighted by Crippen LogP contribution is 2.43. The van der Waals surface area contributed by atoms with Crippen LogP contribution in [0.3, 0.4) is 0 Å². The molecule has 0 radical (unpaired) electrons. The first-order chi connectivity index (χ1) is 11.0. The summed E-state index contributed by atoms with van der Waals surface area (Å²) in [7, 11) is 2.17. The molecule has 1 saturated heterocycles. The summed E-state index contributed by atoms with van der Waals surface area (Å²) in [5, 5.41) is 12.7. The molecule has 0 amide bonds. The molecule has 5 heteroatoms. The van der Waals surface area contributed by atoms with Gasteiger partial charge in [-0.05, 0) is 43.7 Å². The third kappa shape index (κ3) is 4.02. The minimum absolute atomic E-state index is 0.245. The highest BCUT2D eigenvalue weighted by molar-refractivity contribution is 6.34. The number of benzene rings is 1. The van der Waals surface area contributed by atoms with Crippen LogP contribution in [-0.4, -0.2) is 54.7 Å². The zero-order valence-corrected chi connectivity index (χ0v) is 15.3. The SMILES string of the molecule is CN1CCN(CC2CCCCC2(O)c2cc(Cl)cc(Cl)c2)CC1. The van der Waals surface area contributed by atoms with E-state index in [1.807, 2.05) is 12.1 Å². The molecule has 2 unspecified atom stereocenters. The monoisotopic (exact) mass is 356 g/mol. The standard InChI is InChI=1S/C18H26Cl2N2O/c1-21-6-8-22(9-7-21)13-14-4-2-3-5-18(14,23)15-10-16(19)12-17(20)11-15/h10-12,14,23H,2-9,13H2,1H3. The van der Waals surface area contributed by atoms with Gasteiger partial charge in [-0.2, -0.15) is 0 Å². The molecule has 1 aromatic carbocycles. The maximum Gasteiger partial charge on any atom is 0.0937 e. The lowest BCUT2D eigenvalue weighted by atomic mass is 9.71. The molecule has 23 heavy (non-hydrogen) atoms. The molecule has 1 aromatic rings. The van der Waals surface area contributed by atoms with Crippen molar-refractivity contribution in [3.8, 4) is 0 Å². The van der Waals surface area contributed by atoms with Crippen molar-refractivity contribution in [2.75, 3.05) is 39.8 Å². The summed E-state index contributed by atoms with van der Waals surface area (Å²) in [5.41, 5.74) is 0.0738. The van der Waals surface area contributed by atoms with E-state index in [0.29, 0.717) is 10.0 Å². The number of piperazine rings is 1. The van der Waals surface area contributed by atoms with Crippen molar-refractivity contribution in [3.63, 3.8) is 0 Å². The van der Waals surface area contributed by atoms with Crippen molar-refractivity contribution in [2.45, 2.75) is 31.3 Å². The average Bonchev–Trinajstić information content (AvgIpc) is 2.51. The summed E-state index contributed by atoms with van der Waals surface area (Å²) in [6.07, 6.45) is 4.10. The molecule has 1 heterocycles. The maximum atomic E-state index is 11.5. The highest BCUT2D eigenvalue weighted by atomic mass is 35.5. The van der Waals surface area contributed by atoms with E-state index >= 15 is 0 Å². The van der Waals surface area contributed by atoms with Crippen LogP contribution >= 0.6 is 23.2 Å². The average molecular weight is 357 g/mol. The summed E-state index contributed by atoms with van der Waals surface area (Å²) < 4.78 is 0. The topological polar surface area (TPSA) is 26.7 Å². The minimum atomic E-state index is -0.809. The molecule has 1 N–H and O–H groups in total. The molecule has 0 spiro atoms. The van der Waals surface area contributed by atoms with E-state index in [4.69, 9.17) is 23.2 Å². The van der Waals surface area contributed by atoms with Crippen LogP contribution in [0.2, 0.25) is 10.0 Å². The smallest absolute Gasteiger partial charge is 0.0937 e. The second-order valence-corrected chi connectivity index (χ2v) is 8.00. The van der Waals surface area contributed by atoms with Gasteiger partial charge < -0.3 is 14.9 Å². The Hall–Kier alpha value is -0.320. The van der Waals surface area contributed by atoms with E-state index < -0.39 is 5.60 Å². The van der Waals surface area contributed by atoms with Crippen molar-refractivity contribution in [2.24, 2.45) is 5.92 Å². The summed E-state index contributed by atoms with van der Waals surface area (Å²) in [5.74, 6) is 0.245. The van der Waals surface area contributed by atoms with Gasteiger partial charge in [0.2, 0.25) is 0 Å². The van der Waals surface area contributed by atoms with Crippen molar-refractivity contribution >= 4 is 23.2 Å².